The summed E-state index contributed by atoms with van der Waals surface area (Å²) in [7, 11) is -0.609. The number of thioether (sulfide) groups is 1. The maximum absolute atomic E-state index is 13.0. The van der Waals surface area contributed by atoms with Crippen molar-refractivity contribution in [3.8, 4) is 0 Å². The molecule has 3 rings (SSSR count). The maximum Gasteiger partial charge on any atom is 0.286 e. The van der Waals surface area contributed by atoms with E-state index in [1.807, 2.05) is 0 Å². The molecule has 7 nitrogen and oxygen atoms in total. The van der Waals surface area contributed by atoms with Crippen LogP contribution in [0.4, 0.5) is 20.6 Å². The standard InChI is InChI=1S/C22H20FN3O4S2/c1-26(2)22(28)31-20-6-4-3-5-19(20)24-21(27)15-7-11-17(12-8-15)25-32(29,30)18-13-9-16(23)10-14-18/h3-14,25H,1-2H3,(H,24,27). The van der Waals surface area contributed by atoms with Gasteiger partial charge in [0.2, 0.25) is 0 Å². The summed E-state index contributed by atoms with van der Waals surface area (Å²) in [6, 6.07) is 17.2. The molecule has 10 heteroatoms. The Morgan fingerprint density at radius 1 is 0.906 bits per heavy atom. The van der Waals surface area contributed by atoms with Gasteiger partial charge in [-0.15, -0.1) is 0 Å². The van der Waals surface area contributed by atoms with E-state index in [0.29, 0.717) is 16.1 Å². The lowest BCUT2D eigenvalue weighted by molar-refractivity contribution is 0.102. The first-order chi connectivity index (χ1) is 15.2. The number of benzene rings is 3. The van der Waals surface area contributed by atoms with Gasteiger partial charge in [0.1, 0.15) is 5.82 Å². The van der Waals surface area contributed by atoms with Crippen molar-refractivity contribution in [3.63, 3.8) is 0 Å². The molecule has 0 aliphatic rings. The monoisotopic (exact) mass is 473 g/mol. The Balaban J connectivity index is 1.71. The van der Waals surface area contributed by atoms with Crippen molar-refractivity contribution in [2.24, 2.45) is 0 Å². The molecule has 0 aromatic heterocycles. The van der Waals surface area contributed by atoms with Gasteiger partial charge in [0.05, 0.1) is 10.6 Å². The normalized spacial score (nSPS) is 11.0. The summed E-state index contributed by atoms with van der Waals surface area (Å²) in [4.78, 5) is 26.6. The smallest absolute Gasteiger partial charge is 0.286 e. The van der Waals surface area contributed by atoms with Crippen LogP contribution in [0.3, 0.4) is 0 Å². The lowest BCUT2D eigenvalue weighted by Gasteiger charge is -2.13. The fraction of sp³-hybridized carbons (Fsp3) is 0.0909. The van der Waals surface area contributed by atoms with Crippen molar-refractivity contribution in [1.82, 2.24) is 4.90 Å². The van der Waals surface area contributed by atoms with E-state index in [2.05, 4.69) is 10.0 Å². The summed E-state index contributed by atoms with van der Waals surface area (Å²) in [6.07, 6.45) is 0. The van der Waals surface area contributed by atoms with Crippen LogP contribution in [-0.4, -0.2) is 38.6 Å². The molecule has 0 aliphatic heterocycles. The fourth-order valence-corrected chi connectivity index (χ4v) is 4.36. The topological polar surface area (TPSA) is 95.6 Å². The first-order valence-electron chi connectivity index (χ1n) is 9.34. The number of hydrogen-bond donors (Lipinski definition) is 2. The van der Waals surface area contributed by atoms with Crippen molar-refractivity contribution < 1.29 is 22.4 Å². The summed E-state index contributed by atoms with van der Waals surface area (Å²) >= 11 is 0.995. The van der Waals surface area contributed by atoms with Crippen LogP contribution in [0, 0.1) is 5.82 Å². The minimum Gasteiger partial charge on any atom is -0.339 e. The van der Waals surface area contributed by atoms with Gasteiger partial charge in [-0.3, -0.25) is 14.3 Å². The Hall–Kier alpha value is -3.37. The van der Waals surface area contributed by atoms with Gasteiger partial charge in [0.25, 0.3) is 21.2 Å². The Morgan fingerprint density at radius 3 is 2.16 bits per heavy atom. The van der Waals surface area contributed by atoms with Crippen molar-refractivity contribution in [3.05, 3.63) is 84.2 Å². The van der Waals surface area contributed by atoms with Gasteiger partial charge in [0, 0.05) is 30.2 Å². The largest absolute Gasteiger partial charge is 0.339 e. The second-order valence-electron chi connectivity index (χ2n) is 6.85. The SMILES string of the molecule is CN(C)C(=O)Sc1ccccc1NC(=O)c1ccc(NS(=O)(=O)c2ccc(F)cc2)cc1. The maximum atomic E-state index is 13.0. The van der Waals surface area contributed by atoms with Gasteiger partial charge in [-0.05, 0) is 72.4 Å². The van der Waals surface area contributed by atoms with E-state index in [4.69, 9.17) is 0 Å². The number of rotatable bonds is 6. The van der Waals surface area contributed by atoms with Gasteiger partial charge in [0.15, 0.2) is 0 Å². The number of halogens is 1. The average molecular weight is 474 g/mol. The van der Waals surface area contributed by atoms with E-state index in [1.165, 1.54) is 29.2 Å². The highest BCUT2D eigenvalue weighted by atomic mass is 32.2. The van der Waals surface area contributed by atoms with Gasteiger partial charge in [-0.1, -0.05) is 12.1 Å². The van der Waals surface area contributed by atoms with Gasteiger partial charge in [-0.25, -0.2) is 12.8 Å². The van der Waals surface area contributed by atoms with Crippen LogP contribution < -0.4 is 10.0 Å². The number of amides is 2. The molecule has 2 N–H and O–H groups in total. The molecule has 0 heterocycles. The molecular formula is C22H20FN3O4S2. The van der Waals surface area contributed by atoms with Crippen LogP contribution >= 0.6 is 11.8 Å². The van der Waals surface area contributed by atoms with Crippen molar-refractivity contribution >= 4 is 44.3 Å². The second kappa shape index (κ2) is 9.84. The zero-order valence-electron chi connectivity index (χ0n) is 17.2. The number of carbonyl (C=O) groups is 2. The Labute approximate surface area is 189 Å². The molecule has 2 amide bonds. The van der Waals surface area contributed by atoms with E-state index < -0.39 is 21.7 Å². The van der Waals surface area contributed by atoms with Crippen molar-refractivity contribution in [2.45, 2.75) is 9.79 Å². The lowest BCUT2D eigenvalue weighted by Crippen LogP contribution is -2.17. The molecule has 0 spiro atoms. The predicted molar refractivity (Wildman–Crippen MR) is 123 cm³/mol. The minimum absolute atomic E-state index is 0.0814. The molecule has 32 heavy (non-hydrogen) atoms. The van der Waals surface area contributed by atoms with Gasteiger partial charge < -0.3 is 10.2 Å². The lowest BCUT2D eigenvalue weighted by atomic mass is 10.2. The predicted octanol–water partition coefficient (Wildman–Crippen LogP) is 4.65. The Bertz CT molecular complexity index is 1230. The molecule has 0 radical (unpaired) electrons. The van der Waals surface area contributed by atoms with Crippen LogP contribution in [-0.2, 0) is 10.0 Å². The molecule has 166 valence electrons. The summed E-state index contributed by atoms with van der Waals surface area (Å²) in [5.41, 5.74) is 1.03. The number of carbonyl (C=O) groups excluding carboxylic acids is 2. The number of nitrogens with one attached hydrogen (secondary N) is 2. The summed E-state index contributed by atoms with van der Waals surface area (Å²) in [6.45, 7) is 0. The first kappa shape index (κ1) is 23.3. The highest BCUT2D eigenvalue weighted by Crippen LogP contribution is 2.29. The summed E-state index contributed by atoms with van der Waals surface area (Å²) < 4.78 is 40.2. The molecular weight excluding hydrogens is 453 g/mol. The van der Waals surface area contributed by atoms with Crippen LogP contribution in [0.15, 0.2) is 82.6 Å². The van der Waals surface area contributed by atoms with E-state index >= 15 is 0 Å². The molecule has 0 saturated heterocycles. The summed E-state index contributed by atoms with van der Waals surface area (Å²) in [5.74, 6) is -0.950. The molecule has 0 fully saturated rings. The molecule has 0 atom stereocenters. The van der Waals surface area contributed by atoms with Gasteiger partial charge in [-0.2, -0.15) is 0 Å². The van der Waals surface area contributed by atoms with E-state index in [9.17, 15) is 22.4 Å². The molecule has 0 bridgehead atoms. The van der Waals surface area contributed by atoms with E-state index in [-0.39, 0.29) is 15.8 Å². The number of hydrogen-bond acceptors (Lipinski definition) is 5. The molecule has 0 saturated carbocycles. The van der Waals surface area contributed by atoms with Crippen LogP contribution in [0.2, 0.25) is 0 Å². The third-order valence-corrected chi connectivity index (χ3v) is 6.73. The number of nitrogens with zero attached hydrogens (tertiary/aromatic N) is 1. The third kappa shape index (κ3) is 5.86. The number of anilines is 2. The quantitative estimate of drug-likeness (QED) is 0.508. The van der Waals surface area contributed by atoms with Crippen molar-refractivity contribution in [2.75, 3.05) is 24.1 Å². The highest BCUT2D eigenvalue weighted by Gasteiger charge is 2.16. The van der Waals surface area contributed by atoms with Crippen LogP contribution in [0.5, 0.6) is 0 Å². The minimum atomic E-state index is -3.89. The van der Waals surface area contributed by atoms with Crippen molar-refractivity contribution in [1.29, 1.82) is 0 Å². The zero-order chi connectivity index (χ0) is 23.3. The Kier molecular flexibility index (Phi) is 7.16. The van der Waals surface area contributed by atoms with Gasteiger partial charge >= 0.3 is 0 Å². The molecule has 0 aliphatic carbocycles. The third-order valence-electron chi connectivity index (χ3n) is 4.22. The molecule has 3 aromatic carbocycles. The van der Waals surface area contributed by atoms with E-state index in [0.717, 1.165) is 36.0 Å². The first-order valence-corrected chi connectivity index (χ1v) is 11.6. The second-order valence-corrected chi connectivity index (χ2v) is 9.53. The average Bonchev–Trinajstić information content (AvgIpc) is 2.75. The number of sulfonamides is 1. The zero-order valence-corrected chi connectivity index (χ0v) is 18.8. The molecule has 3 aromatic rings. The fourth-order valence-electron chi connectivity index (χ4n) is 2.56. The number of para-hydroxylation sites is 1. The molecule has 0 unspecified atom stereocenters. The Morgan fingerprint density at radius 2 is 1.53 bits per heavy atom. The summed E-state index contributed by atoms with van der Waals surface area (Å²) in [5, 5.41) is 2.59. The highest BCUT2D eigenvalue weighted by molar-refractivity contribution is 8.13. The van der Waals surface area contributed by atoms with Crippen LogP contribution in [0.25, 0.3) is 0 Å². The van der Waals surface area contributed by atoms with Crippen LogP contribution in [0.1, 0.15) is 10.4 Å². The van der Waals surface area contributed by atoms with E-state index in [1.54, 1.807) is 38.4 Å².